The lowest BCUT2D eigenvalue weighted by Crippen LogP contribution is -2.49. The third kappa shape index (κ3) is 11.8. The van der Waals surface area contributed by atoms with Crippen LogP contribution in [0.25, 0.3) is 22.3 Å². The number of aromatic nitrogens is 4. The minimum Gasteiger partial charge on any atom is -0.388 e. The number of rotatable bonds is 20. The molecular formula is C47H60N8O5. The van der Waals surface area contributed by atoms with E-state index in [1.54, 1.807) is 11.7 Å². The lowest BCUT2D eigenvalue weighted by molar-refractivity contribution is -0.136. The van der Waals surface area contributed by atoms with Crippen LogP contribution in [-0.2, 0) is 29.7 Å². The molecule has 13 heteroatoms. The first-order chi connectivity index (χ1) is 29.0. The molecule has 3 heterocycles. The van der Waals surface area contributed by atoms with Crippen molar-refractivity contribution in [2.45, 2.75) is 96.2 Å². The van der Waals surface area contributed by atoms with Crippen LogP contribution < -0.4 is 21.5 Å². The number of aliphatic hydroxyl groups is 1. The van der Waals surface area contributed by atoms with E-state index >= 15 is 0 Å². The number of aryl methyl sites for hydroxylation is 2. The Morgan fingerprint density at radius 1 is 0.833 bits per heavy atom. The molecule has 1 unspecified atom stereocenters. The Morgan fingerprint density at radius 2 is 1.48 bits per heavy atom. The quantitative estimate of drug-likeness (QED) is 0.0736. The summed E-state index contributed by atoms with van der Waals surface area (Å²) in [6.07, 6.45) is 8.83. The van der Waals surface area contributed by atoms with Gasteiger partial charge in [0.15, 0.2) is 5.52 Å². The van der Waals surface area contributed by atoms with Crippen LogP contribution in [-0.4, -0.2) is 85.4 Å². The Hall–Kier alpha value is -5.66. The molecule has 1 aliphatic heterocycles. The number of nitrogens with zero attached hydrogens (tertiary/aromatic N) is 5. The summed E-state index contributed by atoms with van der Waals surface area (Å²) >= 11 is 0. The molecule has 2 aromatic heterocycles. The molecular weight excluding hydrogens is 757 g/mol. The van der Waals surface area contributed by atoms with Gasteiger partial charge in [-0.2, -0.15) is 5.10 Å². The van der Waals surface area contributed by atoms with Crippen LogP contribution in [0, 0.1) is 6.92 Å². The van der Waals surface area contributed by atoms with Crippen molar-refractivity contribution >= 4 is 28.8 Å². The normalized spacial score (nSPS) is 14.2. The Kier molecular flexibility index (Phi) is 15.4. The number of nitrogens with one attached hydrogen (secondary N) is 3. The number of hydrogen-bond donors (Lipinski definition) is 4. The molecule has 4 N–H and O–H groups in total. The highest BCUT2D eigenvalue weighted by Crippen LogP contribution is 2.28. The van der Waals surface area contributed by atoms with Gasteiger partial charge in [0.1, 0.15) is 5.52 Å². The van der Waals surface area contributed by atoms with Gasteiger partial charge in [0.25, 0.3) is 11.5 Å². The maximum atomic E-state index is 13.6. The van der Waals surface area contributed by atoms with Gasteiger partial charge in [0, 0.05) is 57.3 Å². The van der Waals surface area contributed by atoms with Gasteiger partial charge in [0.05, 0.1) is 30.7 Å². The molecule has 318 valence electrons. The van der Waals surface area contributed by atoms with E-state index in [1.165, 1.54) is 10.9 Å². The first-order valence-electron chi connectivity index (χ1n) is 21.4. The molecule has 1 saturated heterocycles. The topological polar surface area (TPSA) is 163 Å². The van der Waals surface area contributed by atoms with Crippen molar-refractivity contribution in [2.24, 2.45) is 7.05 Å². The van der Waals surface area contributed by atoms with Crippen molar-refractivity contribution in [3.05, 3.63) is 118 Å². The third-order valence-electron chi connectivity index (χ3n) is 11.6. The first kappa shape index (κ1) is 43.9. The van der Waals surface area contributed by atoms with Gasteiger partial charge >= 0.3 is 0 Å². The van der Waals surface area contributed by atoms with Gasteiger partial charge < -0.3 is 26.0 Å². The molecule has 60 heavy (non-hydrogen) atoms. The van der Waals surface area contributed by atoms with Gasteiger partial charge in [-0.1, -0.05) is 105 Å². The molecule has 6 rings (SSSR count). The average Bonchev–Trinajstić information content (AvgIpc) is 3.59. The van der Waals surface area contributed by atoms with Crippen molar-refractivity contribution in [1.82, 2.24) is 40.2 Å². The maximum absolute atomic E-state index is 13.6. The molecule has 3 aromatic carbocycles. The Labute approximate surface area is 352 Å². The SMILES string of the molecule is Cc1ccccc1C(=O)NCCCCCCCCNC(=O)CNCc1ccc(-c2c3ncn(CC4(O)CCN(C(=O)CC(C)c5ccccc5)CC4)c(=O)c3nn2C)cc1. The van der Waals surface area contributed by atoms with E-state index in [2.05, 4.69) is 33.0 Å². The number of benzene rings is 3. The van der Waals surface area contributed by atoms with Crippen molar-refractivity contribution in [3.63, 3.8) is 0 Å². The molecule has 1 atom stereocenters. The predicted molar refractivity (Wildman–Crippen MR) is 234 cm³/mol. The molecule has 0 bridgehead atoms. The number of amides is 3. The predicted octanol–water partition coefficient (Wildman–Crippen LogP) is 5.63. The van der Waals surface area contributed by atoms with E-state index in [0.29, 0.717) is 63.2 Å². The Balaban J connectivity index is 0.882. The minimum atomic E-state index is -1.14. The summed E-state index contributed by atoms with van der Waals surface area (Å²) < 4.78 is 3.09. The number of carbonyl (C=O) groups is 3. The summed E-state index contributed by atoms with van der Waals surface area (Å²) in [5.74, 6) is 0.128. The number of unbranched alkanes of at least 4 members (excludes halogenated alkanes) is 5. The fourth-order valence-electron chi connectivity index (χ4n) is 7.94. The molecule has 3 amide bonds. The highest BCUT2D eigenvalue weighted by molar-refractivity contribution is 5.95. The van der Waals surface area contributed by atoms with Gasteiger partial charge in [-0.05, 0) is 61.3 Å². The van der Waals surface area contributed by atoms with Gasteiger partial charge in [-0.15, -0.1) is 0 Å². The monoisotopic (exact) mass is 816 g/mol. The Morgan fingerprint density at radius 3 is 2.18 bits per heavy atom. The molecule has 0 saturated carbocycles. The number of carbonyl (C=O) groups excluding carboxylic acids is 3. The molecule has 13 nitrogen and oxygen atoms in total. The molecule has 0 aliphatic carbocycles. The summed E-state index contributed by atoms with van der Waals surface area (Å²) in [4.78, 5) is 57.8. The molecule has 1 fully saturated rings. The molecule has 0 spiro atoms. The van der Waals surface area contributed by atoms with E-state index in [0.717, 1.165) is 66.3 Å². The van der Waals surface area contributed by atoms with E-state index in [9.17, 15) is 24.3 Å². The smallest absolute Gasteiger partial charge is 0.281 e. The van der Waals surface area contributed by atoms with Crippen LogP contribution in [0.2, 0.25) is 0 Å². The van der Waals surface area contributed by atoms with E-state index in [1.807, 2.05) is 90.7 Å². The lowest BCUT2D eigenvalue weighted by Gasteiger charge is -2.38. The van der Waals surface area contributed by atoms with Crippen molar-refractivity contribution < 1.29 is 19.5 Å². The Bertz CT molecular complexity index is 2260. The fourth-order valence-corrected chi connectivity index (χ4v) is 7.94. The van der Waals surface area contributed by atoms with Crippen LogP contribution in [0.15, 0.2) is 90.0 Å². The fraction of sp³-hybridized carbons (Fsp3) is 0.447. The van der Waals surface area contributed by atoms with E-state index in [-0.39, 0.29) is 47.8 Å². The van der Waals surface area contributed by atoms with E-state index in [4.69, 9.17) is 0 Å². The van der Waals surface area contributed by atoms with Gasteiger partial charge in [0.2, 0.25) is 11.8 Å². The molecule has 5 aromatic rings. The van der Waals surface area contributed by atoms with Gasteiger partial charge in [-0.3, -0.25) is 28.4 Å². The average molecular weight is 817 g/mol. The second kappa shape index (κ2) is 21.0. The highest BCUT2D eigenvalue weighted by atomic mass is 16.3. The summed E-state index contributed by atoms with van der Waals surface area (Å²) in [7, 11) is 1.78. The second-order valence-corrected chi connectivity index (χ2v) is 16.3. The zero-order chi connectivity index (χ0) is 42.5. The summed E-state index contributed by atoms with van der Waals surface area (Å²) in [5, 5.41) is 25.2. The van der Waals surface area contributed by atoms with Crippen LogP contribution in [0.4, 0.5) is 0 Å². The summed E-state index contributed by atoms with van der Waals surface area (Å²) in [6.45, 7) is 7.00. The van der Waals surface area contributed by atoms with Crippen LogP contribution in [0.3, 0.4) is 0 Å². The highest BCUT2D eigenvalue weighted by Gasteiger charge is 2.35. The number of likely N-dealkylation sites (tertiary alicyclic amines) is 1. The number of piperidine rings is 1. The molecule has 1 aliphatic rings. The largest absolute Gasteiger partial charge is 0.388 e. The van der Waals surface area contributed by atoms with Crippen molar-refractivity contribution in [1.29, 1.82) is 0 Å². The maximum Gasteiger partial charge on any atom is 0.281 e. The number of fused-ring (bicyclic) bond motifs is 1. The van der Waals surface area contributed by atoms with E-state index < -0.39 is 5.60 Å². The lowest BCUT2D eigenvalue weighted by atomic mass is 9.90. The van der Waals surface area contributed by atoms with Crippen LogP contribution >= 0.6 is 0 Å². The van der Waals surface area contributed by atoms with Gasteiger partial charge in [-0.25, -0.2) is 4.98 Å². The zero-order valence-electron chi connectivity index (χ0n) is 35.3. The zero-order valence-corrected chi connectivity index (χ0v) is 35.3. The van der Waals surface area contributed by atoms with Crippen molar-refractivity contribution in [3.8, 4) is 11.3 Å². The minimum absolute atomic E-state index is 0.0120. The summed E-state index contributed by atoms with van der Waals surface area (Å²) in [5.41, 5.74) is 4.68. The molecule has 0 radical (unpaired) electrons. The van der Waals surface area contributed by atoms with Crippen LogP contribution in [0.1, 0.15) is 97.7 Å². The first-order valence-corrected chi connectivity index (χ1v) is 21.4. The second-order valence-electron chi connectivity index (χ2n) is 16.3. The standard InChI is InChI=1S/C47H60N8O5/c1-34-15-11-12-18-39(34)45(58)50-26-14-7-5-4-6-13-25-49-40(56)31-48-30-36-19-21-38(22-20-36)44-42-43(52-53(44)3)46(59)55(33-51-42)32-47(60)23-27-54(28-24-47)41(57)29-35(2)37-16-9-8-10-17-37/h8-12,15-22,33,35,48,60H,4-7,13-14,23-32H2,1-3H3,(H,49,56)(H,50,58). The number of hydrogen-bond acceptors (Lipinski definition) is 8. The van der Waals surface area contributed by atoms with Crippen LogP contribution in [0.5, 0.6) is 0 Å². The van der Waals surface area contributed by atoms with Crippen molar-refractivity contribution in [2.75, 3.05) is 32.7 Å². The third-order valence-corrected chi connectivity index (χ3v) is 11.6. The summed E-state index contributed by atoms with van der Waals surface area (Å²) in [6, 6.07) is 25.5.